The minimum Gasteiger partial charge on any atom is -0.493 e. The Bertz CT molecular complexity index is 672. The third kappa shape index (κ3) is 4.10. The van der Waals surface area contributed by atoms with Gasteiger partial charge < -0.3 is 10.1 Å². The monoisotopic (exact) mass is 294 g/mol. The molecule has 2 aromatic carbocycles. The fraction of sp³-hybridized carbons (Fsp3) is 0.222. The van der Waals surface area contributed by atoms with E-state index in [-0.39, 0.29) is 5.91 Å². The van der Waals surface area contributed by atoms with Crippen LogP contribution >= 0.6 is 0 Å². The first-order chi connectivity index (χ1) is 10.7. The summed E-state index contributed by atoms with van der Waals surface area (Å²) >= 11 is 0. The summed E-state index contributed by atoms with van der Waals surface area (Å²) in [7, 11) is 0. The highest BCUT2D eigenvalue weighted by Crippen LogP contribution is 2.20. The van der Waals surface area contributed by atoms with Crippen LogP contribution in [-0.4, -0.2) is 12.5 Å². The van der Waals surface area contributed by atoms with E-state index in [1.807, 2.05) is 12.1 Å². The Morgan fingerprint density at radius 1 is 1.18 bits per heavy atom. The summed E-state index contributed by atoms with van der Waals surface area (Å²) in [5.74, 6) is 0.360. The lowest BCUT2D eigenvalue weighted by Gasteiger charge is -2.11. The average Bonchev–Trinajstić information content (AvgIpc) is 2.56. The molecule has 0 saturated heterocycles. The number of nitrogens with one attached hydrogen (secondary N) is 1. The van der Waals surface area contributed by atoms with Gasteiger partial charge >= 0.3 is 0 Å². The molecule has 0 bridgehead atoms. The Balaban J connectivity index is 2.10. The van der Waals surface area contributed by atoms with Crippen LogP contribution in [0, 0.1) is 11.3 Å². The Morgan fingerprint density at radius 2 is 1.91 bits per heavy atom. The predicted molar refractivity (Wildman–Crippen MR) is 86.0 cm³/mol. The van der Waals surface area contributed by atoms with Crippen molar-refractivity contribution in [2.24, 2.45) is 0 Å². The van der Waals surface area contributed by atoms with Crippen molar-refractivity contribution in [1.82, 2.24) is 0 Å². The molecule has 0 radical (unpaired) electrons. The molecular weight excluding hydrogens is 276 g/mol. The zero-order valence-corrected chi connectivity index (χ0v) is 12.5. The molecule has 0 atom stereocenters. The molecule has 0 spiro atoms. The summed E-state index contributed by atoms with van der Waals surface area (Å²) in [6.45, 7) is 2.69. The minimum atomic E-state index is -0.225. The van der Waals surface area contributed by atoms with Crippen LogP contribution in [0.5, 0.6) is 5.75 Å². The first kappa shape index (κ1) is 15.6. The summed E-state index contributed by atoms with van der Waals surface area (Å²) in [4.78, 5) is 12.4. The number of nitriles is 1. The maximum absolute atomic E-state index is 12.4. The normalized spacial score (nSPS) is 9.82. The molecule has 4 heteroatoms. The van der Waals surface area contributed by atoms with Crippen molar-refractivity contribution in [3.63, 3.8) is 0 Å². The Hall–Kier alpha value is -2.80. The summed E-state index contributed by atoms with van der Waals surface area (Å²) in [5.41, 5.74) is 1.71. The molecule has 0 aliphatic rings. The van der Waals surface area contributed by atoms with Crippen molar-refractivity contribution in [3.05, 3.63) is 59.7 Å². The lowest BCUT2D eigenvalue weighted by molar-refractivity contribution is 0.102. The minimum absolute atomic E-state index is 0.225. The Kier molecular flexibility index (Phi) is 5.56. The van der Waals surface area contributed by atoms with E-state index in [1.165, 1.54) is 0 Å². The van der Waals surface area contributed by atoms with Crippen molar-refractivity contribution in [2.45, 2.75) is 19.8 Å². The van der Waals surface area contributed by atoms with Crippen LogP contribution in [0.3, 0.4) is 0 Å². The first-order valence-corrected chi connectivity index (χ1v) is 7.28. The second kappa shape index (κ2) is 7.84. The molecule has 0 saturated carbocycles. The number of anilines is 1. The quantitative estimate of drug-likeness (QED) is 0.819. The van der Waals surface area contributed by atoms with E-state index in [0.717, 1.165) is 12.8 Å². The van der Waals surface area contributed by atoms with Crippen LogP contribution in [0.1, 0.15) is 35.7 Å². The fourth-order valence-corrected chi connectivity index (χ4v) is 1.93. The number of rotatable bonds is 6. The van der Waals surface area contributed by atoms with E-state index in [4.69, 9.17) is 10.00 Å². The summed E-state index contributed by atoms with van der Waals surface area (Å²) in [6, 6.07) is 16.0. The molecule has 22 heavy (non-hydrogen) atoms. The maximum Gasteiger partial charge on any atom is 0.259 e. The summed E-state index contributed by atoms with van der Waals surface area (Å²) in [5, 5.41) is 11.6. The van der Waals surface area contributed by atoms with Crippen LogP contribution in [0.25, 0.3) is 0 Å². The van der Waals surface area contributed by atoms with Crippen molar-refractivity contribution in [2.75, 3.05) is 11.9 Å². The molecule has 2 aromatic rings. The van der Waals surface area contributed by atoms with Crippen molar-refractivity contribution < 1.29 is 9.53 Å². The number of carbonyl (C=O) groups excluding carboxylic acids is 1. The maximum atomic E-state index is 12.4. The van der Waals surface area contributed by atoms with E-state index in [2.05, 4.69) is 12.2 Å². The molecule has 0 heterocycles. The highest BCUT2D eigenvalue weighted by molar-refractivity contribution is 6.06. The number of unbranched alkanes of at least 4 members (excludes halogenated alkanes) is 1. The molecule has 1 amide bonds. The van der Waals surface area contributed by atoms with E-state index >= 15 is 0 Å². The van der Waals surface area contributed by atoms with Gasteiger partial charge in [-0.15, -0.1) is 0 Å². The Labute approximate surface area is 130 Å². The SMILES string of the molecule is CCCCOc1ccccc1C(=O)Nc1ccc(C#N)cc1. The van der Waals surface area contributed by atoms with Crippen molar-refractivity contribution in [1.29, 1.82) is 5.26 Å². The zero-order chi connectivity index (χ0) is 15.8. The highest BCUT2D eigenvalue weighted by atomic mass is 16.5. The first-order valence-electron chi connectivity index (χ1n) is 7.28. The lowest BCUT2D eigenvalue weighted by atomic mass is 10.1. The van der Waals surface area contributed by atoms with E-state index in [0.29, 0.717) is 29.2 Å². The number of hydrogen-bond acceptors (Lipinski definition) is 3. The molecule has 0 aliphatic carbocycles. The Morgan fingerprint density at radius 3 is 2.59 bits per heavy atom. The van der Waals surface area contributed by atoms with Crippen LogP contribution in [0.4, 0.5) is 5.69 Å². The largest absolute Gasteiger partial charge is 0.493 e. The lowest BCUT2D eigenvalue weighted by Crippen LogP contribution is -2.13. The van der Waals surface area contributed by atoms with Gasteiger partial charge in [0.15, 0.2) is 0 Å². The van der Waals surface area contributed by atoms with Crippen molar-refractivity contribution in [3.8, 4) is 11.8 Å². The zero-order valence-electron chi connectivity index (χ0n) is 12.5. The topological polar surface area (TPSA) is 62.1 Å². The second-order valence-corrected chi connectivity index (χ2v) is 4.84. The predicted octanol–water partition coefficient (Wildman–Crippen LogP) is 3.99. The van der Waals surface area contributed by atoms with Gasteiger partial charge in [-0.25, -0.2) is 0 Å². The van der Waals surface area contributed by atoms with Crippen LogP contribution in [0.2, 0.25) is 0 Å². The molecule has 0 aliphatic heterocycles. The van der Waals surface area contributed by atoms with Crippen molar-refractivity contribution >= 4 is 11.6 Å². The molecule has 0 fully saturated rings. The smallest absolute Gasteiger partial charge is 0.259 e. The standard InChI is InChI=1S/C18H18N2O2/c1-2-3-12-22-17-7-5-4-6-16(17)18(21)20-15-10-8-14(13-19)9-11-15/h4-11H,2-3,12H2,1H3,(H,20,21). The number of nitrogens with zero attached hydrogens (tertiary/aromatic N) is 1. The van der Waals surface area contributed by atoms with Gasteiger partial charge in [0.25, 0.3) is 5.91 Å². The van der Waals surface area contributed by atoms with Crippen LogP contribution in [-0.2, 0) is 0 Å². The molecule has 2 rings (SSSR count). The number of hydrogen-bond donors (Lipinski definition) is 1. The number of amides is 1. The molecule has 0 aromatic heterocycles. The van der Waals surface area contributed by atoms with Gasteiger partial charge in [-0.2, -0.15) is 5.26 Å². The van der Waals surface area contributed by atoms with Gasteiger partial charge in [0.2, 0.25) is 0 Å². The molecule has 112 valence electrons. The molecule has 0 unspecified atom stereocenters. The highest BCUT2D eigenvalue weighted by Gasteiger charge is 2.12. The van der Waals surface area contributed by atoms with Crippen LogP contribution in [0.15, 0.2) is 48.5 Å². The van der Waals surface area contributed by atoms with E-state index < -0.39 is 0 Å². The third-order valence-corrected chi connectivity index (χ3v) is 3.16. The van der Waals surface area contributed by atoms with Gasteiger partial charge in [-0.05, 0) is 42.8 Å². The number of ether oxygens (including phenoxy) is 1. The summed E-state index contributed by atoms with van der Waals surface area (Å²) < 4.78 is 5.67. The summed E-state index contributed by atoms with van der Waals surface area (Å²) in [6.07, 6.45) is 1.99. The fourth-order valence-electron chi connectivity index (χ4n) is 1.93. The average molecular weight is 294 g/mol. The molecular formula is C18H18N2O2. The van der Waals surface area contributed by atoms with Gasteiger partial charge in [0, 0.05) is 5.69 Å². The number of carbonyl (C=O) groups is 1. The van der Waals surface area contributed by atoms with Gasteiger partial charge in [-0.3, -0.25) is 4.79 Å². The van der Waals surface area contributed by atoms with E-state index in [1.54, 1.807) is 42.5 Å². The third-order valence-electron chi connectivity index (χ3n) is 3.16. The van der Waals surface area contributed by atoms with Gasteiger partial charge in [-0.1, -0.05) is 25.5 Å². The van der Waals surface area contributed by atoms with Gasteiger partial charge in [0.1, 0.15) is 5.75 Å². The molecule has 1 N–H and O–H groups in total. The van der Waals surface area contributed by atoms with Gasteiger partial charge in [0.05, 0.1) is 23.8 Å². The molecule has 4 nitrogen and oxygen atoms in total. The second-order valence-electron chi connectivity index (χ2n) is 4.84. The van der Waals surface area contributed by atoms with E-state index in [9.17, 15) is 4.79 Å². The number of para-hydroxylation sites is 1. The van der Waals surface area contributed by atoms with Crippen LogP contribution < -0.4 is 10.1 Å². The number of benzene rings is 2.